The van der Waals surface area contributed by atoms with Crippen LogP contribution in [0.4, 0.5) is 0 Å². The Kier molecular flexibility index (Phi) is 5.38. The largest absolute Gasteiger partial charge is 0.496 e. The number of hydrogen-bond acceptors (Lipinski definition) is 2. The van der Waals surface area contributed by atoms with Crippen LogP contribution in [-0.4, -0.2) is 44.1 Å². The van der Waals surface area contributed by atoms with Gasteiger partial charge < -0.3 is 14.5 Å². The smallest absolute Gasteiger partial charge is 0.258 e. The summed E-state index contributed by atoms with van der Waals surface area (Å²) < 4.78 is 5.30. The number of ether oxygens (including phenoxy) is 1. The van der Waals surface area contributed by atoms with Gasteiger partial charge in [0, 0.05) is 10.6 Å². The molecular formula is C19H22ClN2O2+. The van der Waals surface area contributed by atoms with Gasteiger partial charge in [-0.25, -0.2) is 0 Å². The lowest BCUT2D eigenvalue weighted by atomic mass is 10.1. The van der Waals surface area contributed by atoms with Crippen LogP contribution in [0.15, 0.2) is 48.5 Å². The summed E-state index contributed by atoms with van der Waals surface area (Å²) in [7, 11) is 1.60. The number of carbonyl (C=O) groups excluding carboxylic acids is 1. The summed E-state index contributed by atoms with van der Waals surface area (Å²) in [4.78, 5) is 16.1. The van der Waals surface area contributed by atoms with Crippen LogP contribution in [0.2, 0.25) is 5.02 Å². The third kappa shape index (κ3) is 3.89. The number of benzene rings is 2. The first-order valence-electron chi connectivity index (χ1n) is 8.17. The van der Waals surface area contributed by atoms with Crippen molar-refractivity contribution in [1.82, 2.24) is 4.90 Å². The zero-order valence-electron chi connectivity index (χ0n) is 13.8. The van der Waals surface area contributed by atoms with Crippen molar-refractivity contribution in [3.8, 4) is 5.75 Å². The lowest BCUT2D eigenvalue weighted by molar-refractivity contribution is -0.917. The first kappa shape index (κ1) is 16.8. The molecule has 1 aliphatic heterocycles. The van der Waals surface area contributed by atoms with Crippen molar-refractivity contribution in [3.63, 3.8) is 0 Å². The fraction of sp³-hybridized carbons (Fsp3) is 0.316. The van der Waals surface area contributed by atoms with Crippen molar-refractivity contribution in [1.29, 1.82) is 0 Å². The fourth-order valence-electron chi connectivity index (χ4n) is 3.13. The van der Waals surface area contributed by atoms with Gasteiger partial charge in [0.1, 0.15) is 12.3 Å². The van der Waals surface area contributed by atoms with Gasteiger partial charge in [0.05, 0.1) is 38.9 Å². The predicted molar refractivity (Wildman–Crippen MR) is 94.8 cm³/mol. The van der Waals surface area contributed by atoms with Gasteiger partial charge in [-0.15, -0.1) is 0 Å². The minimum absolute atomic E-state index is 0.0502. The Morgan fingerprint density at radius 1 is 1.17 bits per heavy atom. The second-order valence-corrected chi connectivity index (χ2v) is 6.49. The molecule has 1 N–H and O–H groups in total. The highest BCUT2D eigenvalue weighted by Gasteiger charge is 2.26. The molecule has 0 saturated carbocycles. The molecule has 4 nitrogen and oxygen atoms in total. The highest BCUT2D eigenvalue weighted by Crippen LogP contribution is 2.19. The van der Waals surface area contributed by atoms with Crippen molar-refractivity contribution < 1.29 is 14.4 Å². The Morgan fingerprint density at radius 2 is 1.92 bits per heavy atom. The summed E-state index contributed by atoms with van der Waals surface area (Å²) in [6, 6.07) is 15.4. The summed E-state index contributed by atoms with van der Waals surface area (Å²) in [5.41, 5.74) is 1.88. The SMILES string of the molecule is COc1ccccc1C(=O)N1CC[NH+](Cc2cccc(Cl)c2)CC1. The summed E-state index contributed by atoms with van der Waals surface area (Å²) in [5.74, 6) is 0.686. The Labute approximate surface area is 147 Å². The van der Waals surface area contributed by atoms with E-state index in [1.165, 1.54) is 10.5 Å². The number of hydrogen-bond donors (Lipinski definition) is 1. The normalized spacial score (nSPS) is 15.3. The summed E-state index contributed by atoms with van der Waals surface area (Å²) in [5, 5.41) is 0.775. The zero-order valence-corrected chi connectivity index (χ0v) is 14.6. The van der Waals surface area contributed by atoms with E-state index >= 15 is 0 Å². The van der Waals surface area contributed by atoms with Crippen LogP contribution in [0.25, 0.3) is 0 Å². The molecule has 0 aromatic heterocycles. The van der Waals surface area contributed by atoms with Gasteiger partial charge in [-0.2, -0.15) is 0 Å². The standard InChI is InChI=1S/C19H21ClN2O2/c1-24-18-8-3-2-7-17(18)19(23)22-11-9-21(10-12-22)14-15-5-4-6-16(20)13-15/h2-8,13H,9-12,14H2,1H3/p+1. The molecule has 1 fully saturated rings. The minimum Gasteiger partial charge on any atom is -0.496 e. The number of quaternary nitrogens is 1. The highest BCUT2D eigenvalue weighted by atomic mass is 35.5. The van der Waals surface area contributed by atoms with E-state index in [9.17, 15) is 4.79 Å². The fourth-order valence-corrected chi connectivity index (χ4v) is 3.34. The number of nitrogens with zero attached hydrogens (tertiary/aromatic N) is 1. The van der Waals surface area contributed by atoms with E-state index in [1.807, 2.05) is 47.4 Å². The number of rotatable bonds is 4. The second-order valence-electron chi connectivity index (χ2n) is 6.05. The summed E-state index contributed by atoms with van der Waals surface area (Å²) in [6.07, 6.45) is 0. The van der Waals surface area contributed by atoms with Crippen LogP contribution in [0.5, 0.6) is 5.75 Å². The molecule has 5 heteroatoms. The molecule has 3 rings (SSSR count). The first-order chi connectivity index (χ1) is 11.7. The molecule has 0 radical (unpaired) electrons. The highest BCUT2D eigenvalue weighted by molar-refractivity contribution is 6.30. The Bertz CT molecular complexity index is 712. The van der Waals surface area contributed by atoms with E-state index < -0.39 is 0 Å². The van der Waals surface area contributed by atoms with Crippen molar-refractivity contribution in [2.75, 3.05) is 33.3 Å². The van der Waals surface area contributed by atoms with Crippen LogP contribution < -0.4 is 9.64 Å². The van der Waals surface area contributed by atoms with Gasteiger partial charge in [0.25, 0.3) is 5.91 Å². The molecule has 1 saturated heterocycles. The first-order valence-corrected chi connectivity index (χ1v) is 8.55. The third-order valence-electron chi connectivity index (χ3n) is 4.44. The number of para-hydroxylation sites is 1. The van der Waals surface area contributed by atoms with E-state index in [-0.39, 0.29) is 5.91 Å². The lowest BCUT2D eigenvalue weighted by Crippen LogP contribution is -3.13. The van der Waals surface area contributed by atoms with Crippen LogP contribution in [0, 0.1) is 0 Å². The molecule has 126 valence electrons. The van der Waals surface area contributed by atoms with Crippen molar-refractivity contribution >= 4 is 17.5 Å². The topological polar surface area (TPSA) is 34.0 Å². The summed E-state index contributed by atoms with van der Waals surface area (Å²) >= 11 is 6.05. The molecule has 2 aromatic rings. The number of piperazine rings is 1. The molecule has 2 aromatic carbocycles. The molecule has 0 spiro atoms. The number of nitrogens with one attached hydrogen (secondary N) is 1. The maximum Gasteiger partial charge on any atom is 0.258 e. The third-order valence-corrected chi connectivity index (χ3v) is 4.67. The number of methoxy groups -OCH3 is 1. The van der Waals surface area contributed by atoms with E-state index in [4.69, 9.17) is 16.3 Å². The average molecular weight is 346 g/mol. The van der Waals surface area contributed by atoms with Crippen LogP contribution in [-0.2, 0) is 6.54 Å². The molecular weight excluding hydrogens is 324 g/mol. The van der Waals surface area contributed by atoms with Gasteiger partial charge >= 0.3 is 0 Å². The van der Waals surface area contributed by atoms with Gasteiger partial charge in [-0.3, -0.25) is 4.79 Å². The van der Waals surface area contributed by atoms with E-state index in [0.717, 1.165) is 37.7 Å². The lowest BCUT2D eigenvalue weighted by Gasteiger charge is -2.32. The van der Waals surface area contributed by atoms with Crippen molar-refractivity contribution in [2.45, 2.75) is 6.54 Å². The summed E-state index contributed by atoms with van der Waals surface area (Å²) in [6.45, 7) is 4.33. The predicted octanol–water partition coefficient (Wildman–Crippen LogP) is 1.89. The Morgan fingerprint density at radius 3 is 2.62 bits per heavy atom. The molecule has 1 amide bonds. The second kappa shape index (κ2) is 7.69. The molecule has 0 unspecified atom stereocenters. The number of halogens is 1. The van der Waals surface area contributed by atoms with Crippen LogP contribution in [0.1, 0.15) is 15.9 Å². The minimum atomic E-state index is 0.0502. The molecule has 0 bridgehead atoms. The van der Waals surface area contributed by atoms with E-state index in [2.05, 4.69) is 6.07 Å². The molecule has 1 heterocycles. The molecule has 0 aliphatic carbocycles. The zero-order chi connectivity index (χ0) is 16.9. The van der Waals surface area contributed by atoms with Gasteiger partial charge in [0.15, 0.2) is 0 Å². The van der Waals surface area contributed by atoms with Crippen molar-refractivity contribution in [3.05, 3.63) is 64.7 Å². The van der Waals surface area contributed by atoms with Crippen molar-refractivity contribution in [2.24, 2.45) is 0 Å². The number of amides is 1. The van der Waals surface area contributed by atoms with Gasteiger partial charge in [0.2, 0.25) is 0 Å². The molecule has 24 heavy (non-hydrogen) atoms. The van der Waals surface area contributed by atoms with E-state index in [1.54, 1.807) is 7.11 Å². The van der Waals surface area contributed by atoms with Crippen LogP contribution in [0.3, 0.4) is 0 Å². The maximum absolute atomic E-state index is 12.7. The quantitative estimate of drug-likeness (QED) is 0.918. The molecule has 0 atom stereocenters. The van der Waals surface area contributed by atoms with Crippen LogP contribution >= 0.6 is 11.6 Å². The number of carbonyl (C=O) groups is 1. The Hall–Kier alpha value is -2.04. The Balaban J connectivity index is 1.59. The monoisotopic (exact) mass is 345 g/mol. The van der Waals surface area contributed by atoms with E-state index in [0.29, 0.717) is 11.3 Å². The molecule has 1 aliphatic rings. The average Bonchev–Trinajstić information content (AvgIpc) is 2.62. The maximum atomic E-state index is 12.7. The van der Waals surface area contributed by atoms with Gasteiger partial charge in [-0.05, 0) is 24.3 Å². The van der Waals surface area contributed by atoms with Gasteiger partial charge in [-0.1, -0.05) is 35.9 Å².